The van der Waals surface area contributed by atoms with Gasteiger partial charge in [0.25, 0.3) is 5.91 Å². The van der Waals surface area contributed by atoms with Crippen LogP contribution in [0.1, 0.15) is 15.9 Å². The Morgan fingerprint density at radius 1 is 1.24 bits per heavy atom. The van der Waals surface area contributed by atoms with E-state index in [1.165, 1.54) is 25.3 Å². The minimum Gasteiger partial charge on any atom is -0.496 e. The van der Waals surface area contributed by atoms with Crippen molar-refractivity contribution < 1.29 is 18.3 Å². The Labute approximate surface area is 129 Å². The van der Waals surface area contributed by atoms with Crippen molar-refractivity contribution in [1.82, 2.24) is 5.32 Å². The number of benzene rings is 2. The Morgan fingerprint density at radius 3 is 2.71 bits per heavy atom. The predicted molar refractivity (Wildman–Crippen MR) is 78.2 cm³/mol. The van der Waals surface area contributed by atoms with Gasteiger partial charge in [0.2, 0.25) is 0 Å². The molecule has 110 valence electrons. The molecule has 2 rings (SSSR count). The zero-order valence-corrected chi connectivity index (χ0v) is 12.7. The second-order valence-corrected chi connectivity index (χ2v) is 5.15. The van der Waals surface area contributed by atoms with Crippen LogP contribution >= 0.6 is 15.9 Å². The first-order valence-corrected chi connectivity index (χ1v) is 6.87. The van der Waals surface area contributed by atoms with Crippen molar-refractivity contribution in [3.8, 4) is 5.75 Å². The number of methoxy groups -OCH3 is 1. The number of ether oxygens (including phenoxy) is 1. The van der Waals surface area contributed by atoms with Gasteiger partial charge in [0.15, 0.2) is 0 Å². The van der Waals surface area contributed by atoms with E-state index in [0.29, 0.717) is 10.0 Å². The second kappa shape index (κ2) is 6.67. The molecule has 2 aromatic rings. The molecule has 21 heavy (non-hydrogen) atoms. The van der Waals surface area contributed by atoms with Crippen LogP contribution in [-0.2, 0) is 6.54 Å². The summed E-state index contributed by atoms with van der Waals surface area (Å²) in [5, 5.41) is 2.48. The largest absolute Gasteiger partial charge is 0.496 e. The lowest BCUT2D eigenvalue weighted by Gasteiger charge is -2.10. The zero-order valence-electron chi connectivity index (χ0n) is 11.1. The van der Waals surface area contributed by atoms with E-state index in [9.17, 15) is 13.6 Å². The fraction of sp³-hybridized carbons (Fsp3) is 0.133. The third-order valence-electron chi connectivity index (χ3n) is 2.87. The van der Waals surface area contributed by atoms with E-state index in [2.05, 4.69) is 21.2 Å². The van der Waals surface area contributed by atoms with E-state index < -0.39 is 17.5 Å². The molecule has 1 N–H and O–H groups in total. The zero-order chi connectivity index (χ0) is 15.4. The number of carbonyl (C=O) groups excluding carboxylic acids is 1. The van der Waals surface area contributed by atoms with E-state index in [-0.39, 0.29) is 17.9 Å². The summed E-state index contributed by atoms with van der Waals surface area (Å²) >= 11 is 3.22. The minimum atomic E-state index is -0.693. The van der Waals surface area contributed by atoms with Crippen molar-refractivity contribution in [3.63, 3.8) is 0 Å². The van der Waals surface area contributed by atoms with E-state index in [0.717, 1.165) is 6.07 Å². The number of amides is 1. The summed E-state index contributed by atoms with van der Waals surface area (Å²) in [6.07, 6.45) is 0. The molecule has 0 unspecified atom stereocenters. The molecule has 6 heteroatoms. The average Bonchev–Trinajstić information content (AvgIpc) is 2.47. The van der Waals surface area contributed by atoms with Crippen LogP contribution in [-0.4, -0.2) is 13.0 Å². The molecule has 0 bridgehead atoms. The fourth-order valence-electron chi connectivity index (χ4n) is 1.84. The average molecular weight is 356 g/mol. The third-order valence-corrected chi connectivity index (χ3v) is 3.36. The van der Waals surface area contributed by atoms with Crippen LogP contribution in [0.5, 0.6) is 5.75 Å². The van der Waals surface area contributed by atoms with Gasteiger partial charge in [-0.25, -0.2) is 8.78 Å². The summed E-state index contributed by atoms with van der Waals surface area (Å²) in [5.74, 6) is -1.67. The van der Waals surface area contributed by atoms with Crippen LogP contribution in [0.2, 0.25) is 0 Å². The van der Waals surface area contributed by atoms with Crippen LogP contribution in [0, 0.1) is 11.6 Å². The lowest BCUT2D eigenvalue weighted by molar-refractivity contribution is 0.0943. The Kier molecular flexibility index (Phi) is 4.90. The molecule has 0 atom stereocenters. The van der Waals surface area contributed by atoms with Crippen molar-refractivity contribution >= 4 is 21.8 Å². The first-order chi connectivity index (χ1) is 10.0. The third kappa shape index (κ3) is 3.58. The maximum atomic E-state index is 13.7. The number of hydrogen-bond donors (Lipinski definition) is 1. The molecule has 3 nitrogen and oxygen atoms in total. The van der Waals surface area contributed by atoms with Gasteiger partial charge in [-0.1, -0.05) is 22.0 Å². The summed E-state index contributed by atoms with van der Waals surface area (Å²) in [5.41, 5.74) is 0.100. The van der Waals surface area contributed by atoms with Crippen molar-refractivity contribution in [2.75, 3.05) is 7.11 Å². The van der Waals surface area contributed by atoms with Crippen LogP contribution in [0.4, 0.5) is 8.78 Å². The first kappa shape index (κ1) is 15.4. The molecule has 0 saturated carbocycles. The Bertz CT molecular complexity index is 677. The summed E-state index contributed by atoms with van der Waals surface area (Å²) in [4.78, 5) is 12.0. The highest BCUT2D eigenvalue weighted by Gasteiger charge is 2.17. The topological polar surface area (TPSA) is 38.3 Å². The van der Waals surface area contributed by atoms with Crippen molar-refractivity contribution in [1.29, 1.82) is 0 Å². The number of rotatable bonds is 4. The van der Waals surface area contributed by atoms with Gasteiger partial charge in [0.05, 0.1) is 7.11 Å². The highest BCUT2D eigenvalue weighted by Crippen LogP contribution is 2.21. The molecule has 0 fully saturated rings. The molecule has 0 saturated heterocycles. The van der Waals surface area contributed by atoms with Crippen molar-refractivity contribution in [2.24, 2.45) is 0 Å². The van der Waals surface area contributed by atoms with Gasteiger partial charge in [-0.15, -0.1) is 0 Å². The van der Waals surface area contributed by atoms with Gasteiger partial charge in [0, 0.05) is 16.6 Å². The predicted octanol–water partition coefficient (Wildman–Crippen LogP) is 3.67. The molecule has 0 aliphatic rings. The monoisotopic (exact) mass is 355 g/mol. The molecular weight excluding hydrogens is 344 g/mol. The van der Waals surface area contributed by atoms with Gasteiger partial charge in [-0.05, 0) is 30.3 Å². The Balaban J connectivity index is 2.17. The van der Waals surface area contributed by atoms with E-state index in [4.69, 9.17) is 4.74 Å². The summed E-state index contributed by atoms with van der Waals surface area (Å²) in [6, 6.07) is 8.48. The molecular formula is C15H12BrF2NO2. The van der Waals surface area contributed by atoms with Gasteiger partial charge in [0.1, 0.15) is 22.9 Å². The van der Waals surface area contributed by atoms with E-state index in [1.807, 2.05) is 0 Å². The number of hydrogen-bond acceptors (Lipinski definition) is 2. The highest BCUT2D eigenvalue weighted by atomic mass is 79.9. The van der Waals surface area contributed by atoms with Crippen LogP contribution in [0.15, 0.2) is 40.9 Å². The lowest BCUT2D eigenvalue weighted by Crippen LogP contribution is -2.25. The maximum absolute atomic E-state index is 13.7. The smallest absolute Gasteiger partial charge is 0.258 e. The molecule has 0 aromatic heterocycles. The van der Waals surface area contributed by atoms with Gasteiger partial charge in [-0.3, -0.25) is 4.79 Å². The van der Waals surface area contributed by atoms with E-state index in [1.54, 1.807) is 12.1 Å². The molecule has 0 radical (unpaired) electrons. The number of nitrogens with one attached hydrogen (secondary N) is 1. The van der Waals surface area contributed by atoms with Gasteiger partial charge >= 0.3 is 0 Å². The quantitative estimate of drug-likeness (QED) is 0.908. The molecule has 0 aliphatic carbocycles. The lowest BCUT2D eigenvalue weighted by atomic mass is 10.1. The molecule has 1 amide bonds. The number of carbonyl (C=O) groups is 1. The second-order valence-electron chi connectivity index (χ2n) is 4.24. The van der Waals surface area contributed by atoms with Gasteiger partial charge < -0.3 is 10.1 Å². The van der Waals surface area contributed by atoms with Crippen LogP contribution in [0.3, 0.4) is 0 Å². The van der Waals surface area contributed by atoms with Crippen LogP contribution in [0.25, 0.3) is 0 Å². The maximum Gasteiger partial charge on any atom is 0.258 e. The van der Waals surface area contributed by atoms with E-state index >= 15 is 0 Å². The summed E-state index contributed by atoms with van der Waals surface area (Å²) < 4.78 is 33.0. The summed E-state index contributed by atoms with van der Waals surface area (Å²) in [6.45, 7) is -0.0540. The van der Waals surface area contributed by atoms with Crippen LogP contribution < -0.4 is 10.1 Å². The highest BCUT2D eigenvalue weighted by molar-refractivity contribution is 9.10. The first-order valence-electron chi connectivity index (χ1n) is 6.07. The normalized spacial score (nSPS) is 10.3. The Hall–Kier alpha value is -1.95. The number of halogens is 3. The minimum absolute atomic E-state index is 0.0540. The van der Waals surface area contributed by atoms with Crippen molar-refractivity contribution in [2.45, 2.75) is 6.54 Å². The SMILES string of the molecule is COc1cccc(F)c1C(=O)NCc1cc(Br)ccc1F. The summed E-state index contributed by atoms with van der Waals surface area (Å²) in [7, 11) is 1.35. The molecule has 2 aromatic carbocycles. The molecule has 0 spiro atoms. The van der Waals surface area contributed by atoms with Gasteiger partial charge in [-0.2, -0.15) is 0 Å². The standard InChI is InChI=1S/C15H12BrF2NO2/c1-21-13-4-2-3-12(18)14(13)15(20)19-8-9-7-10(16)5-6-11(9)17/h2-7H,8H2,1H3,(H,19,20). The fourth-order valence-corrected chi connectivity index (χ4v) is 2.25. The van der Waals surface area contributed by atoms with Crippen molar-refractivity contribution in [3.05, 3.63) is 63.6 Å². The molecule has 0 heterocycles. The molecule has 0 aliphatic heterocycles. The Morgan fingerprint density at radius 2 is 2.00 bits per heavy atom.